The number of pyridine rings is 1. The molecule has 3 aromatic rings. The van der Waals surface area contributed by atoms with Gasteiger partial charge in [0.15, 0.2) is 5.78 Å². The number of nitrogens with zero attached hydrogens (tertiary/aromatic N) is 2. The van der Waals surface area contributed by atoms with Crippen LogP contribution in [0.4, 0.5) is 8.78 Å². The zero-order valence-corrected chi connectivity index (χ0v) is 20.0. The number of benzene rings is 1. The number of ether oxygens (including phenoxy) is 1. The lowest BCUT2D eigenvalue weighted by molar-refractivity contribution is -0.167. The minimum absolute atomic E-state index is 0.00998. The van der Waals surface area contributed by atoms with E-state index in [4.69, 9.17) is 10.5 Å². The lowest BCUT2D eigenvalue weighted by Crippen LogP contribution is -2.54. The number of thiazole rings is 1. The largest absolute Gasteiger partial charge is 0.389 e. The fraction of sp³-hybridized carbons (Fsp3) is 0.400. The standard InChI is InChI=1S/C25H27F2N3O3S/c1-25(2,3)23-22(32)17(28)10-20(33-23)14-7-8-29-11-13(14)9-19(31)18-12-34-24(30-18)21-15(26)5-4-6-16(21)27/h4-8,11-12,17,20,22-23,32H,9-10,28H2,1-3H3/t17-,20-,22+,23+/m1/s1. The molecule has 3 N–H and O–H groups in total. The van der Waals surface area contributed by atoms with Crippen LogP contribution in [0.5, 0.6) is 0 Å². The SMILES string of the molecule is CC(C)(C)[C@H]1O[C@@H](c2ccncc2CC(=O)c2csc(-c3c(F)cccc3F)n2)C[C@@H](N)[C@@H]1O. The molecule has 0 spiro atoms. The number of rotatable bonds is 5. The van der Waals surface area contributed by atoms with Gasteiger partial charge in [-0.05, 0) is 41.2 Å². The summed E-state index contributed by atoms with van der Waals surface area (Å²) >= 11 is 1.01. The third-order valence-electron chi connectivity index (χ3n) is 6.01. The molecule has 0 saturated carbocycles. The Morgan fingerprint density at radius 3 is 2.65 bits per heavy atom. The first kappa shape index (κ1) is 24.5. The van der Waals surface area contributed by atoms with Crippen LogP contribution in [0.3, 0.4) is 0 Å². The maximum atomic E-state index is 14.1. The average molecular weight is 488 g/mol. The van der Waals surface area contributed by atoms with Crippen molar-refractivity contribution in [1.29, 1.82) is 0 Å². The summed E-state index contributed by atoms with van der Waals surface area (Å²) in [5.41, 5.74) is 7.21. The van der Waals surface area contributed by atoms with Gasteiger partial charge in [-0.25, -0.2) is 13.8 Å². The molecule has 4 atom stereocenters. The van der Waals surface area contributed by atoms with Gasteiger partial charge in [-0.15, -0.1) is 11.3 Å². The number of carbonyl (C=O) groups excluding carboxylic acids is 1. The van der Waals surface area contributed by atoms with Crippen LogP contribution in [0.15, 0.2) is 42.0 Å². The van der Waals surface area contributed by atoms with Gasteiger partial charge in [-0.2, -0.15) is 0 Å². The normalized spacial score (nSPS) is 23.1. The second-order valence-electron chi connectivity index (χ2n) is 9.61. The number of Topliss-reactive ketones (excluding diaryl/α,β-unsaturated/α-hetero) is 1. The second kappa shape index (κ2) is 9.58. The van der Waals surface area contributed by atoms with Crippen molar-refractivity contribution >= 4 is 17.1 Å². The van der Waals surface area contributed by atoms with Crippen molar-refractivity contribution in [1.82, 2.24) is 9.97 Å². The lowest BCUT2D eigenvalue weighted by atomic mass is 9.79. The number of hydrogen-bond donors (Lipinski definition) is 2. The molecule has 180 valence electrons. The van der Waals surface area contributed by atoms with E-state index in [2.05, 4.69) is 9.97 Å². The quantitative estimate of drug-likeness (QED) is 0.515. The molecule has 2 aromatic heterocycles. The van der Waals surface area contributed by atoms with E-state index in [0.717, 1.165) is 29.0 Å². The Morgan fingerprint density at radius 2 is 1.97 bits per heavy atom. The topological polar surface area (TPSA) is 98.3 Å². The Bertz CT molecular complexity index is 1170. The summed E-state index contributed by atoms with van der Waals surface area (Å²) < 4.78 is 34.5. The minimum Gasteiger partial charge on any atom is -0.389 e. The van der Waals surface area contributed by atoms with Crippen LogP contribution in [0.2, 0.25) is 0 Å². The van der Waals surface area contributed by atoms with Gasteiger partial charge in [0.1, 0.15) is 22.3 Å². The Labute approximate surface area is 200 Å². The molecule has 0 unspecified atom stereocenters. The first-order valence-electron chi connectivity index (χ1n) is 11.0. The predicted molar refractivity (Wildman–Crippen MR) is 125 cm³/mol. The molecular formula is C25H27F2N3O3S. The van der Waals surface area contributed by atoms with Gasteiger partial charge in [0, 0.05) is 30.2 Å². The fourth-order valence-corrected chi connectivity index (χ4v) is 5.09. The highest BCUT2D eigenvalue weighted by atomic mass is 32.1. The molecule has 0 amide bonds. The van der Waals surface area contributed by atoms with Crippen molar-refractivity contribution in [3.63, 3.8) is 0 Å². The molecule has 4 rings (SSSR count). The third-order valence-corrected chi connectivity index (χ3v) is 6.87. The number of aliphatic hydroxyl groups is 1. The van der Waals surface area contributed by atoms with E-state index < -0.39 is 36.0 Å². The van der Waals surface area contributed by atoms with Gasteiger partial charge in [-0.3, -0.25) is 9.78 Å². The molecule has 0 aliphatic carbocycles. The summed E-state index contributed by atoms with van der Waals surface area (Å²) in [5, 5.41) is 12.2. The molecule has 34 heavy (non-hydrogen) atoms. The van der Waals surface area contributed by atoms with E-state index in [1.165, 1.54) is 11.4 Å². The number of aromatic nitrogens is 2. The Morgan fingerprint density at radius 1 is 1.26 bits per heavy atom. The molecule has 1 aliphatic heterocycles. The molecule has 1 aliphatic rings. The summed E-state index contributed by atoms with van der Waals surface area (Å²) in [5.74, 6) is -1.77. The van der Waals surface area contributed by atoms with Crippen molar-refractivity contribution in [3.05, 3.63) is 70.5 Å². The van der Waals surface area contributed by atoms with Crippen LogP contribution in [0.25, 0.3) is 10.6 Å². The first-order valence-corrected chi connectivity index (χ1v) is 11.9. The Kier molecular flexibility index (Phi) is 6.91. The van der Waals surface area contributed by atoms with E-state index in [9.17, 15) is 18.7 Å². The van der Waals surface area contributed by atoms with Gasteiger partial charge in [0.25, 0.3) is 0 Å². The smallest absolute Gasteiger partial charge is 0.186 e. The maximum absolute atomic E-state index is 14.1. The van der Waals surface area contributed by atoms with E-state index in [0.29, 0.717) is 12.0 Å². The molecule has 0 bridgehead atoms. The van der Waals surface area contributed by atoms with Crippen molar-refractivity contribution in [2.45, 2.75) is 58.0 Å². The van der Waals surface area contributed by atoms with Gasteiger partial charge in [-0.1, -0.05) is 26.8 Å². The third kappa shape index (κ3) is 4.93. The molecule has 3 heterocycles. The van der Waals surface area contributed by atoms with E-state index >= 15 is 0 Å². The fourth-order valence-electron chi connectivity index (χ4n) is 4.22. The lowest BCUT2D eigenvalue weighted by Gasteiger charge is -2.44. The number of ketones is 1. The van der Waals surface area contributed by atoms with E-state index in [1.54, 1.807) is 18.5 Å². The summed E-state index contributed by atoms with van der Waals surface area (Å²) in [6, 6.07) is 4.90. The number of nitrogens with two attached hydrogens (primary N) is 1. The van der Waals surface area contributed by atoms with Crippen molar-refractivity contribution in [3.8, 4) is 10.6 Å². The van der Waals surface area contributed by atoms with Crippen LogP contribution in [-0.2, 0) is 11.2 Å². The number of carbonyl (C=O) groups is 1. The number of halogens is 2. The molecule has 1 saturated heterocycles. The predicted octanol–water partition coefficient (Wildman–Crippen LogP) is 4.47. The highest BCUT2D eigenvalue weighted by Gasteiger charge is 2.42. The van der Waals surface area contributed by atoms with E-state index in [1.807, 2.05) is 20.8 Å². The summed E-state index contributed by atoms with van der Waals surface area (Å²) in [6.45, 7) is 5.93. The number of aliphatic hydroxyl groups excluding tert-OH is 1. The molecular weight excluding hydrogens is 460 g/mol. The first-order chi connectivity index (χ1) is 16.1. The van der Waals surface area contributed by atoms with Crippen molar-refractivity contribution in [2.24, 2.45) is 11.1 Å². The van der Waals surface area contributed by atoms with Crippen LogP contribution in [0.1, 0.15) is 54.9 Å². The molecule has 1 aromatic carbocycles. The highest BCUT2D eigenvalue weighted by molar-refractivity contribution is 7.13. The molecule has 9 heteroatoms. The van der Waals surface area contributed by atoms with Crippen molar-refractivity contribution < 1.29 is 23.4 Å². The summed E-state index contributed by atoms with van der Waals surface area (Å²) in [4.78, 5) is 21.4. The van der Waals surface area contributed by atoms with Crippen LogP contribution >= 0.6 is 11.3 Å². The van der Waals surface area contributed by atoms with Crippen LogP contribution < -0.4 is 5.73 Å². The van der Waals surface area contributed by atoms with Gasteiger partial charge in [0.2, 0.25) is 0 Å². The average Bonchev–Trinajstić information content (AvgIpc) is 3.25. The molecule has 0 radical (unpaired) electrons. The highest BCUT2D eigenvalue weighted by Crippen LogP contribution is 2.39. The maximum Gasteiger partial charge on any atom is 0.186 e. The van der Waals surface area contributed by atoms with Gasteiger partial charge >= 0.3 is 0 Å². The zero-order valence-electron chi connectivity index (χ0n) is 19.2. The Hall–Kier alpha value is -2.59. The van der Waals surface area contributed by atoms with Crippen molar-refractivity contribution in [2.75, 3.05) is 0 Å². The van der Waals surface area contributed by atoms with Crippen LogP contribution in [-0.4, -0.2) is 39.1 Å². The van der Waals surface area contributed by atoms with Crippen LogP contribution in [0, 0.1) is 17.0 Å². The zero-order chi connectivity index (χ0) is 24.6. The summed E-state index contributed by atoms with van der Waals surface area (Å²) in [6.07, 6.45) is 1.92. The van der Waals surface area contributed by atoms with E-state index in [-0.39, 0.29) is 33.9 Å². The number of hydrogen-bond acceptors (Lipinski definition) is 7. The van der Waals surface area contributed by atoms with Gasteiger partial charge < -0.3 is 15.6 Å². The Balaban J connectivity index is 1.58. The molecule has 6 nitrogen and oxygen atoms in total. The van der Waals surface area contributed by atoms with Gasteiger partial charge in [0.05, 0.1) is 23.9 Å². The minimum atomic E-state index is -0.796. The monoisotopic (exact) mass is 487 g/mol. The summed E-state index contributed by atoms with van der Waals surface area (Å²) in [7, 11) is 0. The second-order valence-corrected chi connectivity index (χ2v) is 10.5. The molecule has 1 fully saturated rings.